The maximum Gasteiger partial charge on any atom is 0.270 e. The average molecular weight is 471 g/mol. The first kappa shape index (κ1) is 18.3. The minimum Gasteiger partial charge on any atom is -0.350 e. The number of hydrogen-bond donors (Lipinski definition) is 1. The van der Waals surface area contributed by atoms with Gasteiger partial charge < -0.3 is 5.32 Å². The summed E-state index contributed by atoms with van der Waals surface area (Å²) < 4.78 is 0.582. The van der Waals surface area contributed by atoms with E-state index in [1.54, 1.807) is 11.3 Å². The van der Waals surface area contributed by atoms with Gasteiger partial charge in [0, 0.05) is 27.1 Å². The molecular formula is C17H18IN3O3S. The number of rotatable bonds is 6. The summed E-state index contributed by atoms with van der Waals surface area (Å²) >= 11 is 3.67. The molecule has 1 amide bonds. The van der Waals surface area contributed by atoms with Crippen LogP contribution >= 0.6 is 33.9 Å². The molecule has 8 heteroatoms. The smallest absolute Gasteiger partial charge is 0.270 e. The first-order chi connectivity index (χ1) is 12.1. The molecule has 1 atom stereocenters. The van der Waals surface area contributed by atoms with Gasteiger partial charge in [0.15, 0.2) is 0 Å². The largest absolute Gasteiger partial charge is 0.350 e. The van der Waals surface area contributed by atoms with Gasteiger partial charge in [0.1, 0.15) is 0 Å². The van der Waals surface area contributed by atoms with Crippen molar-refractivity contribution in [3.63, 3.8) is 0 Å². The molecule has 0 bridgehead atoms. The van der Waals surface area contributed by atoms with Crippen LogP contribution in [0.3, 0.4) is 0 Å². The van der Waals surface area contributed by atoms with Gasteiger partial charge in [-0.1, -0.05) is 6.07 Å². The number of carbonyl (C=O) groups excluding carboxylic acids is 1. The van der Waals surface area contributed by atoms with Crippen LogP contribution in [0.1, 0.15) is 34.1 Å². The maximum atomic E-state index is 12.5. The highest BCUT2D eigenvalue weighted by atomic mass is 127. The molecule has 6 nitrogen and oxygen atoms in total. The van der Waals surface area contributed by atoms with Crippen LogP contribution in [-0.4, -0.2) is 35.4 Å². The molecule has 0 spiro atoms. The van der Waals surface area contributed by atoms with Crippen LogP contribution < -0.4 is 5.32 Å². The average Bonchev–Trinajstić information content (AvgIpc) is 3.28. The van der Waals surface area contributed by atoms with Crippen LogP contribution in [0.5, 0.6) is 0 Å². The quantitative estimate of drug-likeness (QED) is 0.395. The lowest BCUT2D eigenvalue weighted by atomic mass is 10.1. The number of benzene rings is 1. The van der Waals surface area contributed by atoms with E-state index in [0.717, 1.165) is 13.1 Å². The Morgan fingerprint density at radius 1 is 1.36 bits per heavy atom. The van der Waals surface area contributed by atoms with Gasteiger partial charge >= 0.3 is 0 Å². The number of nitro groups is 1. The Bertz CT molecular complexity index is 761. The SMILES string of the molecule is O=C(NCC(c1cccs1)N1CCCC1)c1ccc([N+](=O)[O-])cc1I. The number of likely N-dealkylation sites (tertiary alicyclic amines) is 1. The molecule has 132 valence electrons. The third-order valence-electron chi connectivity index (χ3n) is 4.32. The van der Waals surface area contributed by atoms with E-state index >= 15 is 0 Å². The minimum atomic E-state index is -0.454. The fraction of sp³-hybridized carbons (Fsp3) is 0.353. The van der Waals surface area contributed by atoms with Gasteiger partial charge in [0.05, 0.1) is 16.5 Å². The second-order valence-corrected chi connectivity index (χ2v) is 8.05. The van der Waals surface area contributed by atoms with E-state index in [4.69, 9.17) is 0 Å². The predicted molar refractivity (Wildman–Crippen MR) is 106 cm³/mol. The van der Waals surface area contributed by atoms with Crippen molar-refractivity contribution in [3.8, 4) is 0 Å². The molecule has 1 aromatic carbocycles. The zero-order chi connectivity index (χ0) is 17.8. The van der Waals surface area contributed by atoms with Gasteiger partial charge in [-0.15, -0.1) is 11.3 Å². The first-order valence-electron chi connectivity index (χ1n) is 8.06. The van der Waals surface area contributed by atoms with Crippen molar-refractivity contribution in [1.82, 2.24) is 10.2 Å². The molecule has 1 aliphatic rings. The highest BCUT2D eigenvalue weighted by molar-refractivity contribution is 14.1. The van der Waals surface area contributed by atoms with Crippen molar-refractivity contribution < 1.29 is 9.72 Å². The lowest BCUT2D eigenvalue weighted by molar-refractivity contribution is -0.384. The number of non-ortho nitro benzene ring substituents is 1. The molecule has 1 aromatic heterocycles. The maximum absolute atomic E-state index is 12.5. The molecule has 0 saturated carbocycles. The molecule has 3 rings (SSSR count). The fourth-order valence-electron chi connectivity index (χ4n) is 3.03. The van der Waals surface area contributed by atoms with Crippen LogP contribution in [-0.2, 0) is 0 Å². The van der Waals surface area contributed by atoms with Crippen molar-refractivity contribution in [3.05, 3.63) is 59.8 Å². The Balaban J connectivity index is 1.70. The van der Waals surface area contributed by atoms with E-state index in [1.807, 2.05) is 28.7 Å². The summed E-state index contributed by atoms with van der Waals surface area (Å²) in [4.78, 5) is 26.6. The summed E-state index contributed by atoms with van der Waals surface area (Å²) in [7, 11) is 0. The Morgan fingerprint density at radius 2 is 2.12 bits per heavy atom. The molecule has 1 aliphatic heterocycles. The minimum absolute atomic E-state index is 0.00511. The van der Waals surface area contributed by atoms with E-state index in [2.05, 4.69) is 21.7 Å². The first-order valence-corrected chi connectivity index (χ1v) is 10.0. The zero-order valence-electron chi connectivity index (χ0n) is 13.5. The number of amides is 1. The van der Waals surface area contributed by atoms with E-state index in [0.29, 0.717) is 15.7 Å². The second-order valence-electron chi connectivity index (χ2n) is 5.91. The summed E-state index contributed by atoms with van der Waals surface area (Å²) in [6, 6.07) is 8.63. The highest BCUT2D eigenvalue weighted by Crippen LogP contribution is 2.28. The summed E-state index contributed by atoms with van der Waals surface area (Å²) in [6.45, 7) is 2.63. The van der Waals surface area contributed by atoms with Gasteiger partial charge in [-0.25, -0.2) is 0 Å². The Morgan fingerprint density at radius 3 is 2.72 bits per heavy atom. The Labute approximate surface area is 163 Å². The number of nitro benzene ring substituents is 1. The van der Waals surface area contributed by atoms with Crippen LogP contribution in [0.2, 0.25) is 0 Å². The Hall–Kier alpha value is -1.52. The summed E-state index contributed by atoms with van der Waals surface area (Å²) in [5, 5.41) is 15.9. The second kappa shape index (κ2) is 8.24. The summed E-state index contributed by atoms with van der Waals surface area (Å²) in [5.74, 6) is -0.194. The van der Waals surface area contributed by atoms with Crippen molar-refractivity contribution in [2.75, 3.05) is 19.6 Å². The lowest BCUT2D eigenvalue weighted by Gasteiger charge is -2.27. The number of nitrogens with one attached hydrogen (secondary N) is 1. The molecule has 25 heavy (non-hydrogen) atoms. The van der Waals surface area contributed by atoms with E-state index < -0.39 is 4.92 Å². The van der Waals surface area contributed by atoms with Gasteiger partial charge in [-0.05, 0) is 66.0 Å². The number of thiophene rings is 1. The molecule has 0 radical (unpaired) electrons. The van der Waals surface area contributed by atoms with Gasteiger partial charge in [-0.2, -0.15) is 0 Å². The topological polar surface area (TPSA) is 75.5 Å². The number of halogens is 1. The molecule has 1 saturated heterocycles. The van der Waals surface area contributed by atoms with Gasteiger partial charge in [0.25, 0.3) is 11.6 Å². The van der Waals surface area contributed by atoms with E-state index in [1.165, 1.54) is 35.9 Å². The number of hydrogen-bond acceptors (Lipinski definition) is 5. The van der Waals surface area contributed by atoms with Gasteiger partial charge in [-0.3, -0.25) is 19.8 Å². The van der Waals surface area contributed by atoms with Crippen molar-refractivity contribution >= 4 is 45.5 Å². The molecule has 1 N–H and O–H groups in total. The van der Waals surface area contributed by atoms with E-state index in [9.17, 15) is 14.9 Å². The summed E-state index contributed by atoms with van der Waals surface area (Å²) in [5.41, 5.74) is 0.465. The normalized spacial score (nSPS) is 15.9. The highest BCUT2D eigenvalue weighted by Gasteiger charge is 2.25. The predicted octanol–water partition coefficient (Wildman–Crippen LogP) is 3.83. The van der Waals surface area contributed by atoms with Crippen molar-refractivity contribution in [2.45, 2.75) is 18.9 Å². The lowest BCUT2D eigenvalue weighted by Crippen LogP contribution is -2.36. The molecule has 1 unspecified atom stereocenters. The third-order valence-corrected chi connectivity index (χ3v) is 6.18. The molecule has 2 aromatic rings. The molecule has 2 heterocycles. The molecule has 0 aliphatic carbocycles. The van der Waals surface area contributed by atoms with Crippen LogP contribution in [0.15, 0.2) is 35.7 Å². The molecular weight excluding hydrogens is 453 g/mol. The van der Waals surface area contributed by atoms with Gasteiger partial charge in [0.2, 0.25) is 0 Å². The monoisotopic (exact) mass is 471 g/mol. The number of carbonyl (C=O) groups is 1. The fourth-order valence-corrected chi connectivity index (χ4v) is 4.63. The van der Waals surface area contributed by atoms with E-state index in [-0.39, 0.29) is 17.6 Å². The van der Waals surface area contributed by atoms with Crippen molar-refractivity contribution in [2.24, 2.45) is 0 Å². The van der Waals surface area contributed by atoms with Crippen molar-refractivity contribution in [1.29, 1.82) is 0 Å². The third kappa shape index (κ3) is 4.36. The van der Waals surface area contributed by atoms with Crippen LogP contribution in [0.25, 0.3) is 0 Å². The Kier molecular flexibility index (Phi) is 6.02. The number of nitrogens with zero attached hydrogens (tertiary/aromatic N) is 2. The van der Waals surface area contributed by atoms with Crippen LogP contribution in [0.4, 0.5) is 5.69 Å². The molecule has 1 fully saturated rings. The zero-order valence-corrected chi connectivity index (χ0v) is 16.5. The van der Waals surface area contributed by atoms with Crippen LogP contribution in [0, 0.1) is 13.7 Å². The standard InChI is InChI=1S/C17H18IN3O3S/c18-14-10-12(21(23)24)5-6-13(14)17(22)19-11-15(16-4-3-9-25-16)20-7-1-2-8-20/h3-6,9-10,15H,1-2,7-8,11H2,(H,19,22). The summed E-state index contributed by atoms with van der Waals surface area (Å²) in [6.07, 6.45) is 2.38.